The first-order valence-electron chi connectivity index (χ1n) is 11.2. The van der Waals surface area contributed by atoms with Crippen molar-refractivity contribution in [3.05, 3.63) is 0 Å². The van der Waals surface area contributed by atoms with Gasteiger partial charge in [-0.2, -0.15) is 11.8 Å². The summed E-state index contributed by atoms with van der Waals surface area (Å²) in [5.41, 5.74) is -0.695. The van der Waals surface area contributed by atoms with Gasteiger partial charge in [-0.15, -0.1) is 0 Å². The molecule has 2 heterocycles. The number of nitrogens with one attached hydrogen (secondary N) is 4. The zero-order valence-electron chi connectivity index (χ0n) is 19.1. The Bertz CT molecular complexity index is 684. The zero-order chi connectivity index (χ0) is 23.7. The van der Waals surface area contributed by atoms with Crippen molar-refractivity contribution in [2.75, 3.05) is 12.3 Å². The van der Waals surface area contributed by atoms with Crippen LogP contribution in [0.2, 0.25) is 0 Å². The van der Waals surface area contributed by atoms with E-state index in [1.165, 1.54) is 0 Å². The SMILES string of the molecule is CC(C)(C)OC(=O)N[C@H](CCCCNC(=O)CCCC[C@@H]1SC[C@@H]2NC(=O)N[C@H]21)C(=O)O. The Hall–Kier alpha value is -2.17. The van der Waals surface area contributed by atoms with E-state index in [1.54, 1.807) is 20.8 Å². The molecule has 0 bridgehead atoms. The Balaban J connectivity index is 1.51. The number of ether oxygens (including phenoxy) is 1. The highest BCUT2D eigenvalue weighted by atomic mass is 32.2. The second-order valence-corrected chi connectivity index (χ2v) is 10.5. The Morgan fingerprint density at radius 2 is 1.94 bits per heavy atom. The number of alkyl carbamates (subject to hydrolysis) is 1. The number of thioether (sulfide) groups is 1. The lowest BCUT2D eigenvalue weighted by molar-refractivity contribution is -0.139. The molecule has 0 aromatic rings. The van der Waals surface area contributed by atoms with Gasteiger partial charge in [0.15, 0.2) is 0 Å². The van der Waals surface area contributed by atoms with Crippen LogP contribution in [0.25, 0.3) is 0 Å². The maximum absolute atomic E-state index is 12.0. The van der Waals surface area contributed by atoms with Crippen molar-refractivity contribution in [1.29, 1.82) is 0 Å². The minimum Gasteiger partial charge on any atom is -0.480 e. The number of carbonyl (C=O) groups is 4. The van der Waals surface area contributed by atoms with Crippen LogP contribution in [0, 0.1) is 0 Å². The molecule has 0 saturated carbocycles. The fraction of sp³-hybridized carbons (Fsp3) is 0.810. The van der Waals surface area contributed by atoms with Gasteiger partial charge in [-0.05, 0) is 52.9 Å². The number of amides is 4. The van der Waals surface area contributed by atoms with E-state index in [9.17, 15) is 24.3 Å². The molecule has 0 aromatic carbocycles. The molecule has 4 atom stereocenters. The van der Waals surface area contributed by atoms with Gasteiger partial charge in [-0.25, -0.2) is 14.4 Å². The molecule has 2 aliphatic heterocycles. The fourth-order valence-corrected chi connectivity index (χ4v) is 5.31. The first-order chi connectivity index (χ1) is 15.0. The maximum atomic E-state index is 12.0. The molecule has 11 heteroatoms. The number of aliphatic carboxylic acids is 1. The van der Waals surface area contributed by atoms with Crippen LogP contribution in [0.4, 0.5) is 9.59 Å². The van der Waals surface area contributed by atoms with Gasteiger partial charge in [0.25, 0.3) is 0 Å². The van der Waals surface area contributed by atoms with Crippen molar-refractivity contribution < 1.29 is 29.0 Å². The number of urea groups is 1. The van der Waals surface area contributed by atoms with E-state index < -0.39 is 23.7 Å². The van der Waals surface area contributed by atoms with Crippen molar-refractivity contribution in [1.82, 2.24) is 21.3 Å². The number of hydrogen-bond acceptors (Lipinski definition) is 6. The number of carboxylic acids is 1. The van der Waals surface area contributed by atoms with Gasteiger partial charge in [0.2, 0.25) is 5.91 Å². The molecular weight excluding hydrogens is 436 g/mol. The molecule has 0 aliphatic carbocycles. The van der Waals surface area contributed by atoms with Crippen LogP contribution in [0.15, 0.2) is 0 Å². The van der Waals surface area contributed by atoms with Gasteiger partial charge in [0.1, 0.15) is 11.6 Å². The van der Waals surface area contributed by atoms with Gasteiger partial charge in [-0.1, -0.05) is 6.42 Å². The maximum Gasteiger partial charge on any atom is 0.408 e. The highest BCUT2D eigenvalue weighted by molar-refractivity contribution is 8.00. The lowest BCUT2D eigenvalue weighted by atomic mass is 10.0. The number of rotatable bonds is 12. The van der Waals surface area contributed by atoms with E-state index >= 15 is 0 Å². The van der Waals surface area contributed by atoms with E-state index in [2.05, 4.69) is 21.3 Å². The van der Waals surface area contributed by atoms with Crippen molar-refractivity contribution in [2.24, 2.45) is 0 Å². The van der Waals surface area contributed by atoms with Crippen LogP contribution in [0.3, 0.4) is 0 Å². The predicted molar refractivity (Wildman–Crippen MR) is 122 cm³/mol. The lowest BCUT2D eigenvalue weighted by Gasteiger charge is -2.22. The van der Waals surface area contributed by atoms with Crippen LogP contribution < -0.4 is 21.3 Å². The van der Waals surface area contributed by atoms with Crippen LogP contribution in [0.5, 0.6) is 0 Å². The molecular formula is C21H36N4O6S. The lowest BCUT2D eigenvalue weighted by Crippen LogP contribution is -2.43. The second-order valence-electron chi connectivity index (χ2n) is 9.25. The van der Waals surface area contributed by atoms with E-state index in [4.69, 9.17) is 4.74 Å². The summed E-state index contributed by atoms with van der Waals surface area (Å²) < 4.78 is 5.09. The third kappa shape index (κ3) is 9.13. The van der Waals surface area contributed by atoms with Crippen molar-refractivity contribution >= 4 is 35.8 Å². The van der Waals surface area contributed by atoms with Crippen molar-refractivity contribution in [2.45, 2.75) is 94.7 Å². The van der Waals surface area contributed by atoms with Gasteiger partial charge in [0.05, 0.1) is 12.1 Å². The molecule has 182 valence electrons. The molecule has 0 unspecified atom stereocenters. The molecule has 0 radical (unpaired) electrons. The summed E-state index contributed by atoms with van der Waals surface area (Å²) in [7, 11) is 0. The van der Waals surface area contributed by atoms with E-state index in [1.807, 2.05) is 11.8 Å². The van der Waals surface area contributed by atoms with Crippen LogP contribution in [-0.4, -0.2) is 70.4 Å². The van der Waals surface area contributed by atoms with E-state index in [-0.39, 0.29) is 30.4 Å². The van der Waals surface area contributed by atoms with Crippen molar-refractivity contribution in [3.8, 4) is 0 Å². The molecule has 2 fully saturated rings. The molecule has 0 spiro atoms. The smallest absolute Gasteiger partial charge is 0.408 e. The second kappa shape index (κ2) is 12.2. The van der Waals surface area contributed by atoms with Crippen LogP contribution in [-0.2, 0) is 14.3 Å². The summed E-state index contributed by atoms with van der Waals surface area (Å²) in [5.74, 6) is -0.191. The van der Waals surface area contributed by atoms with Gasteiger partial charge >= 0.3 is 18.1 Å². The summed E-state index contributed by atoms with van der Waals surface area (Å²) >= 11 is 1.87. The Labute approximate surface area is 193 Å². The molecule has 10 nitrogen and oxygen atoms in total. The van der Waals surface area contributed by atoms with Gasteiger partial charge in [0, 0.05) is 24.0 Å². The average molecular weight is 473 g/mol. The molecule has 2 aliphatic rings. The zero-order valence-corrected chi connectivity index (χ0v) is 19.9. The Kier molecular flexibility index (Phi) is 9.92. The van der Waals surface area contributed by atoms with E-state index in [0.29, 0.717) is 31.1 Å². The minimum absolute atomic E-state index is 0.0144. The standard InChI is InChI=1S/C21H36N4O6S/c1-21(2,3)31-20(30)24-13(18(27)28)8-6-7-11-22-16(26)10-5-4-9-15-17-14(12-32-15)23-19(29)25-17/h13-15,17H,4-12H2,1-3H3,(H,22,26)(H,24,30)(H,27,28)(H2,23,25,29)/t13-,14+,15+,17-/m1/s1. The molecule has 2 rings (SSSR count). The van der Waals surface area contributed by atoms with E-state index in [0.717, 1.165) is 25.0 Å². The average Bonchev–Trinajstić information content (AvgIpc) is 3.21. The number of hydrogen-bond donors (Lipinski definition) is 5. The first kappa shape index (κ1) is 26.1. The molecule has 5 N–H and O–H groups in total. The summed E-state index contributed by atoms with van der Waals surface area (Å²) in [5, 5.41) is 20.8. The third-order valence-corrected chi connectivity index (χ3v) is 6.82. The number of carboxylic acid groups (broad SMARTS) is 1. The largest absolute Gasteiger partial charge is 0.480 e. The van der Waals surface area contributed by atoms with Crippen molar-refractivity contribution in [3.63, 3.8) is 0 Å². The normalized spacial score (nSPS) is 23.0. The monoisotopic (exact) mass is 472 g/mol. The number of fused-ring (bicyclic) bond motifs is 1. The fourth-order valence-electron chi connectivity index (χ4n) is 3.77. The summed E-state index contributed by atoms with van der Waals surface area (Å²) in [4.78, 5) is 46.5. The highest BCUT2D eigenvalue weighted by Crippen LogP contribution is 2.33. The summed E-state index contributed by atoms with van der Waals surface area (Å²) in [6, 6.07) is -0.685. The third-order valence-electron chi connectivity index (χ3n) is 5.31. The topological polar surface area (TPSA) is 146 Å². The number of carbonyl (C=O) groups excluding carboxylic acids is 3. The predicted octanol–water partition coefficient (Wildman–Crippen LogP) is 1.98. The molecule has 0 aromatic heterocycles. The Morgan fingerprint density at radius 3 is 2.62 bits per heavy atom. The van der Waals surface area contributed by atoms with Crippen LogP contribution in [0.1, 0.15) is 65.7 Å². The van der Waals surface area contributed by atoms with Gasteiger partial charge in [-0.3, -0.25) is 4.79 Å². The summed E-state index contributed by atoms with van der Waals surface area (Å²) in [6.07, 6.45) is 3.83. The molecule has 4 amide bonds. The quantitative estimate of drug-likeness (QED) is 0.216. The first-order valence-corrected chi connectivity index (χ1v) is 12.3. The molecule has 2 saturated heterocycles. The van der Waals surface area contributed by atoms with Crippen LogP contribution >= 0.6 is 11.8 Å². The molecule has 32 heavy (non-hydrogen) atoms. The van der Waals surface area contributed by atoms with Gasteiger partial charge < -0.3 is 31.1 Å². The highest BCUT2D eigenvalue weighted by Gasteiger charge is 2.42. The minimum atomic E-state index is -1.11. The summed E-state index contributed by atoms with van der Waals surface area (Å²) in [6.45, 7) is 5.60. The number of unbranched alkanes of at least 4 members (excludes halogenated alkanes) is 2. The Morgan fingerprint density at radius 1 is 1.19 bits per heavy atom.